The van der Waals surface area contributed by atoms with E-state index in [2.05, 4.69) is 103 Å². The lowest BCUT2D eigenvalue weighted by atomic mass is 9.77. The summed E-state index contributed by atoms with van der Waals surface area (Å²) in [6, 6.07) is 0.684. The second kappa shape index (κ2) is 12.0. The number of anilines is 2. The van der Waals surface area contributed by atoms with E-state index in [1.54, 1.807) is 0 Å². The van der Waals surface area contributed by atoms with Crippen molar-refractivity contribution in [1.82, 2.24) is 24.8 Å². The van der Waals surface area contributed by atoms with Gasteiger partial charge in [-0.25, -0.2) is 0 Å². The van der Waals surface area contributed by atoms with E-state index in [-0.39, 0.29) is 22.2 Å². The van der Waals surface area contributed by atoms with Gasteiger partial charge in [0.2, 0.25) is 17.2 Å². The van der Waals surface area contributed by atoms with Crippen LogP contribution in [0.2, 0.25) is 5.28 Å². The Morgan fingerprint density at radius 1 is 0.641 bits per heavy atom. The maximum atomic E-state index is 6.72. The molecule has 2 aliphatic rings. The third-order valence-corrected chi connectivity index (χ3v) is 10.2. The molecule has 39 heavy (non-hydrogen) atoms. The highest BCUT2D eigenvalue weighted by Crippen LogP contribution is 2.42. The molecule has 2 aliphatic heterocycles. The van der Waals surface area contributed by atoms with Gasteiger partial charge >= 0.3 is 0 Å². The summed E-state index contributed by atoms with van der Waals surface area (Å²) in [6.07, 6.45) is 8.70. The van der Waals surface area contributed by atoms with E-state index < -0.39 is 0 Å². The van der Waals surface area contributed by atoms with Gasteiger partial charge in [-0.1, -0.05) is 26.7 Å². The van der Waals surface area contributed by atoms with Gasteiger partial charge in [-0.15, -0.1) is 0 Å². The Hall–Kier alpha value is -1.18. The van der Waals surface area contributed by atoms with Crippen LogP contribution in [0.4, 0.5) is 11.9 Å². The number of unbranched alkanes of at least 4 members (excludes halogenated alkanes) is 2. The quantitative estimate of drug-likeness (QED) is 0.302. The number of nitrogens with zero attached hydrogens (tertiary/aromatic N) is 7. The molecule has 0 bridgehead atoms. The summed E-state index contributed by atoms with van der Waals surface area (Å²) in [4.78, 5) is 24.8. The van der Waals surface area contributed by atoms with Crippen LogP contribution < -0.4 is 9.80 Å². The molecule has 2 fully saturated rings. The molecule has 0 aromatic carbocycles. The van der Waals surface area contributed by atoms with Crippen LogP contribution in [0.15, 0.2) is 0 Å². The summed E-state index contributed by atoms with van der Waals surface area (Å²) < 4.78 is 0. The second-order valence-corrected chi connectivity index (χ2v) is 15.1. The first-order chi connectivity index (χ1) is 17.9. The topological polar surface area (TPSA) is 51.6 Å². The van der Waals surface area contributed by atoms with E-state index in [4.69, 9.17) is 26.6 Å². The number of piperidine rings is 2. The zero-order valence-corrected chi connectivity index (χ0v) is 28.0. The van der Waals surface area contributed by atoms with Crippen molar-refractivity contribution in [2.75, 3.05) is 37.0 Å². The van der Waals surface area contributed by atoms with Gasteiger partial charge in [0, 0.05) is 47.3 Å². The molecule has 8 heteroatoms. The van der Waals surface area contributed by atoms with Gasteiger partial charge in [-0.05, 0) is 120 Å². The van der Waals surface area contributed by atoms with Gasteiger partial charge in [-0.3, -0.25) is 9.80 Å². The Morgan fingerprint density at radius 2 is 0.949 bits per heavy atom. The van der Waals surface area contributed by atoms with Crippen molar-refractivity contribution in [3.63, 3.8) is 0 Å². The smallest absolute Gasteiger partial charge is 0.231 e. The highest BCUT2D eigenvalue weighted by atomic mass is 35.5. The fourth-order valence-electron chi connectivity index (χ4n) is 7.21. The normalized spacial score (nSPS) is 23.6. The standard InChI is InChI=1S/C31H58ClN7/c1-13-15-17-38(23-19-28(3,4)36(11)29(5,6)20-23)26-33-25(32)34-27(35-26)39(18-16-14-2)24-21-30(7,8)37(12)31(9,10)22-24/h23-24H,13-22H2,1-12H3. The molecule has 3 heterocycles. The molecular formula is C31H58ClN7. The first-order valence-corrected chi connectivity index (χ1v) is 15.8. The predicted octanol–water partition coefficient (Wildman–Crippen LogP) is 7.04. The summed E-state index contributed by atoms with van der Waals surface area (Å²) in [7, 11) is 4.53. The van der Waals surface area contributed by atoms with Crippen molar-refractivity contribution < 1.29 is 0 Å². The number of aromatic nitrogens is 3. The number of halogens is 1. The van der Waals surface area contributed by atoms with Gasteiger partial charge < -0.3 is 9.80 Å². The van der Waals surface area contributed by atoms with E-state index >= 15 is 0 Å². The minimum Gasteiger partial charge on any atom is -0.338 e. The molecule has 1 aromatic rings. The molecule has 0 N–H and O–H groups in total. The van der Waals surface area contributed by atoms with Crippen molar-refractivity contribution in [1.29, 1.82) is 0 Å². The first-order valence-electron chi connectivity index (χ1n) is 15.4. The van der Waals surface area contributed by atoms with Gasteiger partial charge in [0.15, 0.2) is 0 Å². The summed E-state index contributed by atoms with van der Waals surface area (Å²) in [5.74, 6) is 1.49. The highest BCUT2D eigenvalue weighted by molar-refractivity contribution is 6.28. The summed E-state index contributed by atoms with van der Waals surface area (Å²) in [5, 5.41) is 0.302. The fourth-order valence-corrected chi connectivity index (χ4v) is 7.36. The average molecular weight is 564 g/mol. The van der Waals surface area contributed by atoms with Crippen molar-refractivity contribution in [2.24, 2.45) is 0 Å². The Labute approximate surface area is 245 Å². The monoisotopic (exact) mass is 563 g/mol. The van der Waals surface area contributed by atoms with Gasteiger partial charge in [-0.2, -0.15) is 15.0 Å². The van der Waals surface area contributed by atoms with Crippen LogP contribution in [0, 0.1) is 0 Å². The molecule has 224 valence electrons. The van der Waals surface area contributed by atoms with Crippen LogP contribution in [0.3, 0.4) is 0 Å². The molecule has 2 saturated heterocycles. The van der Waals surface area contributed by atoms with Crippen molar-refractivity contribution in [2.45, 2.75) is 155 Å². The molecule has 1 aromatic heterocycles. The maximum Gasteiger partial charge on any atom is 0.231 e. The zero-order valence-electron chi connectivity index (χ0n) is 27.2. The lowest BCUT2D eigenvalue weighted by Gasteiger charge is -2.56. The molecule has 0 unspecified atom stereocenters. The van der Waals surface area contributed by atoms with Gasteiger partial charge in [0.25, 0.3) is 0 Å². The Balaban J connectivity index is 2.04. The maximum absolute atomic E-state index is 6.72. The van der Waals surface area contributed by atoms with Crippen molar-refractivity contribution in [3.8, 4) is 0 Å². The van der Waals surface area contributed by atoms with Gasteiger partial charge in [0.1, 0.15) is 0 Å². The first kappa shape index (κ1) is 32.3. The third kappa shape index (κ3) is 7.19. The lowest BCUT2D eigenvalue weighted by Crippen LogP contribution is -2.63. The number of likely N-dealkylation sites (tertiary alicyclic amines) is 2. The Kier molecular flexibility index (Phi) is 9.93. The Morgan fingerprint density at radius 3 is 1.23 bits per heavy atom. The van der Waals surface area contributed by atoms with Crippen LogP contribution >= 0.6 is 11.6 Å². The molecule has 0 aliphatic carbocycles. The predicted molar refractivity (Wildman–Crippen MR) is 167 cm³/mol. The highest BCUT2D eigenvalue weighted by Gasteiger charge is 2.47. The van der Waals surface area contributed by atoms with Crippen molar-refractivity contribution >= 4 is 23.5 Å². The van der Waals surface area contributed by atoms with E-state index in [0.717, 1.165) is 76.4 Å². The summed E-state index contributed by atoms with van der Waals surface area (Å²) in [6.45, 7) is 25.3. The SMILES string of the molecule is CCCCN(c1nc(Cl)nc(N(CCCC)C2CC(C)(C)N(C)C(C)(C)C2)n1)C1CC(C)(C)N(C)C(C)(C)C1. The number of hydrogen-bond donors (Lipinski definition) is 0. The molecule has 0 saturated carbocycles. The van der Waals surface area contributed by atoms with E-state index in [9.17, 15) is 0 Å². The van der Waals surface area contributed by atoms with E-state index in [1.165, 1.54) is 0 Å². The van der Waals surface area contributed by atoms with Crippen LogP contribution in [0.5, 0.6) is 0 Å². The third-order valence-electron chi connectivity index (χ3n) is 10.1. The molecule has 7 nitrogen and oxygen atoms in total. The molecule has 0 spiro atoms. The lowest BCUT2D eigenvalue weighted by molar-refractivity contribution is -0.0130. The molecular weight excluding hydrogens is 506 g/mol. The minimum atomic E-state index is 0.0784. The van der Waals surface area contributed by atoms with Crippen LogP contribution in [-0.4, -0.2) is 86.2 Å². The number of hydrogen-bond acceptors (Lipinski definition) is 7. The molecule has 3 rings (SSSR count). The molecule has 0 atom stereocenters. The fraction of sp³-hybridized carbons (Fsp3) is 0.903. The van der Waals surface area contributed by atoms with Crippen LogP contribution in [0.25, 0.3) is 0 Å². The second-order valence-electron chi connectivity index (χ2n) is 14.8. The van der Waals surface area contributed by atoms with Gasteiger partial charge in [0.05, 0.1) is 0 Å². The van der Waals surface area contributed by atoms with E-state index in [1.807, 2.05) is 0 Å². The minimum absolute atomic E-state index is 0.0784. The van der Waals surface area contributed by atoms with Crippen LogP contribution in [0.1, 0.15) is 121 Å². The summed E-state index contributed by atoms with van der Waals surface area (Å²) in [5.41, 5.74) is 0.313. The zero-order chi connectivity index (χ0) is 29.4. The Bertz CT molecular complexity index is 852. The average Bonchev–Trinajstić information content (AvgIpc) is 2.80. The summed E-state index contributed by atoms with van der Waals surface area (Å²) >= 11 is 6.72. The molecule has 0 amide bonds. The number of rotatable bonds is 10. The van der Waals surface area contributed by atoms with Crippen molar-refractivity contribution in [3.05, 3.63) is 5.28 Å². The largest absolute Gasteiger partial charge is 0.338 e. The molecule has 0 radical (unpaired) electrons. The van der Waals surface area contributed by atoms with Crippen LogP contribution in [-0.2, 0) is 0 Å². The van der Waals surface area contributed by atoms with E-state index in [0.29, 0.717) is 17.4 Å².